The maximum absolute atomic E-state index is 12.1. The van der Waals surface area contributed by atoms with Crippen LogP contribution in [0.5, 0.6) is 11.5 Å². The fourth-order valence-corrected chi connectivity index (χ4v) is 1.60. The second-order valence-electron chi connectivity index (χ2n) is 3.37. The van der Waals surface area contributed by atoms with Gasteiger partial charge in [-0.1, -0.05) is 6.07 Å². The lowest BCUT2D eigenvalue weighted by Crippen LogP contribution is -2.03. The van der Waals surface area contributed by atoms with Crippen molar-refractivity contribution in [1.29, 1.82) is 0 Å². The Morgan fingerprint density at radius 2 is 2.12 bits per heavy atom. The molecule has 0 radical (unpaired) electrons. The molecule has 2 nitrogen and oxygen atoms in total. The molecule has 0 saturated heterocycles. The van der Waals surface area contributed by atoms with Crippen LogP contribution in [0.2, 0.25) is 0 Å². The first-order valence-corrected chi connectivity index (χ1v) is 5.97. The van der Waals surface area contributed by atoms with Crippen LogP contribution in [0, 0.1) is 0 Å². The van der Waals surface area contributed by atoms with Crippen molar-refractivity contribution < 1.29 is 18.3 Å². The number of aryl methyl sites for hydroxylation is 1. The molecule has 1 aromatic rings. The topological polar surface area (TPSA) is 18.5 Å². The molecular formula is C12H15ClF2O2. The van der Waals surface area contributed by atoms with Gasteiger partial charge in [-0.15, -0.1) is 11.6 Å². The van der Waals surface area contributed by atoms with Gasteiger partial charge in [-0.3, -0.25) is 0 Å². The molecule has 5 heteroatoms. The molecule has 0 unspecified atom stereocenters. The molecule has 17 heavy (non-hydrogen) atoms. The van der Waals surface area contributed by atoms with Crippen LogP contribution < -0.4 is 9.47 Å². The third-order valence-electron chi connectivity index (χ3n) is 2.14. The van der Waals surface area contributed by atoms with Crippen LogP contribution in [0.3, 0.4) is 0 Å². The molecule has 0 aliphatic rings. The molecule has 96 valence electrons. The Kier molecular flexibility index (Phi) is 6.05. The lowest BCUT2D eigenvalue weighted by molar-refractivity contribution is -0.0499. The van der Waals surface area contributed by atoms with E-state index in [0.717, 1.165) is 18.4 Å². The number of hydrogen-bond donors (Lipinski definition) is 0. The van der Waals surface area contributed by atoms with E-state index in [1.54, 1.807) is 6.07 Å². The van der Waals surface area contributed by atoms with E-state index >= 15 is 0 Å². The minimum atomic E-state index is -2.82. The molecule has 1 aromatic carbocycles. The van der Waals surface area contributed by atoms with E-state index in [-0.39, 0.29) is 5.75 Å². The van der Waals surface area contributed by atoms with Gasteiger partial charge in [-0.25, -0.2) is 0 Å². The zero-order valence-electron chi connectivity index (χ0n) is 9.59. The summed E-state index contributed by atoms with van der Waals surface area (Å²) in [6, 6.07) is 4.73. The largest absolute Gasteiger partial charge is 0.493 e. The summed E-state index contributed by atoms with van der Waals surface area (Å²) in [5, 5.41) is 0. The number of ether oxygens (including phenoxy) is 2. The first-order valence-electron chi connectivity index (χ1n) is 5.44. The SMILES string of the molecule is CCOc1cc(OC(F)F)ccc1CCCCl. The van der Waals surface area contributed by atoms with Crippen molar-refractivity contribution in [3.05, 3.63) is 23.8 Å². The van der Waals surface area contributed by atoms with Crippen molar-refractivity contribution in [3.63, 3.8) is 0 Å². The van der Waals surface area contributed by atoms with Gasteiger partial charge in [0.25, 0.3) is 0 Å². The maximum Gasteiger partial charge on any atom is 0.387 e. The summed E-state index contributed by atoms with van der Waals surface area (Å²) in [5.41, 5.74) is 0.953. The number of alkyl halides is 3. The second-order valence-corrected chi connectivity index (χ2v) is 3.75. The summed E-state index contributed by atoms with van der Waals surface area (Å²) in [4.78, 5) is 0. The maximum atomic E-state index is 12.1. The highest BCUT2D eigenvalue weighted by Gasteiger charge is 2.09. The molecule has 0 atom stereocenters. The van der Waals surface area contributed by atoms with E-state index < -0.39 is 6.61 Å². The van der Waals surface area contributed by atoms with Crippen LogP contribution in [-0.2, 0) is 6.42 Å². The molecule has 0 amide bonds. The third kappa shape index (κ3) is 4.77. The van der Waals surface area contributed by atoms with E-state index in [1.807, 2.05) is 6.92 Å². The van der Waals surface area contributed by atoms with Gasteiger partial charge < -0.3 is 9.47 Å². The van der Waals surface area contributed by atoms with Gasteiger partial charge in [0.15, 0.2) is 0 Å². The fraction of sp³-hybridized carbons (Fsp3) is 0.500. The summed E-state index contributed by atoms with van der Waals surface area (Å²) in [5.74, 6) is 1.25. The van der Waals surface area contributed by atoms with Gasteiger partial charge >= 0.3 is 6.61 Å². The Labute approximate surface area is 104 Å². The molecular weight excluding hydrogens is 250 g/mol. The second kappa shape index (κ2) is 7.33. The standard InChI is InChI=1S/C12H15ClF2O2/c1-2-16-11-8-10(17-12(14)15)6-5-9(11)4-3-7-13/h5-6,8,12H,2-4,7H2,1H3. The highest BCUT2D eigenvalue weighted by Crippen LogP contribution is 2.27. The van der Waals surface area contributed by atoms with Crippen LogP contribution in [0.1, 0.15) is 18.9 Å². The van der Waals surface area contributed by atoms with E-state index in [2.05, 4.69) is 4.74 Å². The van der Waals surface area contributed by atoms with Gasteiger partial charge in [-0.05, 0) is 31.4 Å². The molecule has 0 bridgehead atoms. The first kappa shape index (κ1) is 14.0. The molecule has 0 N–H and O–H groups in total. The zero-order valence-corrected chi connectivity index (χ0v) is 10.3. The number of benzene rings is 1. The van der Waals surface area contributed by atoms with Crippen LogP contribution in [-0.4, -0.2) is 19.1 Å². The van der Waals surface area contributed by atoms with Gasteiger partial charge in [0.1, 0.15) is 11.5 Å². The molecule has 0 spiro atoms. The number of rotatable bonds is 7. The predicted octanol–water partition coefficient (Wildman–Crippen LogP) is 3.86. The summed E-state index contributed by atoms with van der Waals surface area (Å²) in [6.45, 7) is -0.504. The average Bonchev–Trinajstić information content (AvgIpc) is 2.28. The van der Waals surface area contributed by atoms with Crippen molar-refractivity contribution >= 4 is 11.6 Å². The summed E-state index contributed by atoms with van der Waals surface area (Å²) < 4.78 is 33.8. The van der Waals surface area contributed by atoms with E-state index in [4.69, 9.17) is 16.3 Å². The van der Waals surface area contributed by atoms with Crippen LogP contribution in [0.4, 0.5) is 8.78 Å². The lowest BCUT2D eigenvalue weighted by Gasteiger charge is -2.12. The normalized spacial score (nSPS) is 10.6. The molecule has 0 saturated carbocycles. The average molecular weight is 265 g/mol. The Hall–Kier alpha value is -1.03. The Morgan fingerprint density at radius 3 is 2.71 bits per heavy atom. The molecule has 1 rings (SSSR count). The number of halogens is 3. The molecule has 0 aromatic heterocycles. The van der Waals surface area contributed by atoms with Gasteiger partial charge in [0.2, 0.25) is 0 Å². The van der Waals surface area contributed by atoms with E-state index in [9.17, 15) is 8.78 Å². The Bertz CT molecular complexity index is 345. The van der Waals surface area contributed by atoms with Gasteiger partial charge in [-0.2, -0.15) is 8.78 Å². The zero-order chi connectivity index (χ0) is 12.7. The van der Waals surface area contributed by atoms with Crippen LogP contribution in [0.25, 0.3) is 0 Å². The van der Waals surface area contributed by atoms with Gasteiger partial charge in [0.05, 0.1) is 6.61 Å². The molecule has 0 fully saturated rings. The summed E-state index contributed by atoms with van der Waals surface area (Å²) in [7, 11) is 0. The van der Waals surface area contributed by atoms with Crippen molar-refractivity contribution in [3.8, 4) is 11.5 Å². The Morgan fingerprint density at radius 1 is 1.35 bits per heavy atom. The summed E-state index contributed by atoms with van der Waals surface area (Å²) in [6.07, 6.45) is 1.57. The van der Waals surface area contributed by atoms with Crippen LogP contribution >= 0.6 is 11.6 Å². The third-order valence-corrected chi connectivity index (χ3v) is 2.41. The highest BCUT2D eigenvalue weighted by atomic mass is 35.5. The monoisotopic (exact) mass is 264 g/mol. The molecule has 0 heterocycles. The molecule has 0 aliphatic heterocycles. The first-order chi connectivity index (χ1) is 8.17. The van der Waals surface area contributed by atoms with Crippen molar-refractivity contribution in [2.24, 2.45) is 0 Å². The Balaban J connectivity index is 2.83. The van der Waals surface area contributed by atoms with Crippen LogP contribution in [0.15, 0.2) is 18.2 Å². The van der Waals surface area contributed by atoms with E-state index in [1.165, 1.54) is 12.1 Å². The minimum Gasteiger partial charge on any atom is -0.493 e. The molecule has 0 aliphatic carbocycles. The quantitative estimate of drug-likeness (QED) is 0.696. The van der Waals surface area contributed by atoms with E-state index in [0.29, 0.717) is 18.2 Å². The van der Waals surface area contributed by atoms with Crippen molar-refractivity contribution in [1.82, 2.24) is 0 Å². The summed E-state index contributed by atoms with van der Waals surface area (Å²) >= 11 is 5.62. The van der Waals surface area contributed by atoms with Crippen molar-refractivity contribution in [2.75, 3.05) is 12.5 Å². The lowest BCUT2D eigenvalue weighted by atomic mass is 10.1. The smallest absolute Gasteiger partial charge is 0.387 e. The van der Waals surface area contributed by atoms with Gasteiger partial charge in [0, 0.05) is 11.9 Å². The minimum absolute atomic E-state index is 0.109. The fourth-order valence-electron chi connectivity index (χ4n) is 1.46. The van der Waals surface area contributed by atoms with Crippen molar-refractivity contribution in [2.45, 2.75) is 26.4 Å². The predicted molar refractivity (Wildman–Crippen MR) is 63.3 cm³/mol. The number of hydrogen-bond acceptors (Lipinski definition) is 2. The highest BCUT2D eigenvalue weighted by molar-refractivity contribution is 6.17.